The first-order valence-electron chi connectivity index (χ1n) is 4.81. The Kier molecular flexibility index (Phi) is 3.61. The SMILES string of the molecule is CC(C)S(=O)(=O)Nc1c(C(N)=NO)cnn1C. The van der Waals surface area contributed by atoms with Crippen LogP contribution in [0.4, 0.5) is 5.82 Å². The molecule has 1 rings (SSSR count). The van der Waals surface area contributed by atoms with Crippen molar-refractivity contribution >= 4 is 21.7 Å². The van der Waals surface area contributed by atoms with E-state index in [0.29, 0.717) is 0 Å². The summed E-state index contributed by atoms with van der Waals surface area (Å²) in [5, 5.41) is 14.6. The van der Waals surface area contributed by atoms with E-state index in [9.17, 15) is 8.42 Å². The Balaban J connectivity index is 3.20. The van der Waals surface area contributed by atoms with E-state index in [1.54, 1.807) is 20.9 Å². The number of hydrogen-bond donors (Lipinski definition) is 3. The number of nitrogens with zero attached hydrogens (tertiary/aromatic N) is 3. The average molecular weight is 261 g/mol. The number of aryl methyl sites for hydroxylation is 1. The van der Waals surface area contributed by atoms with Crippen molar-refractivity contribution in [3.05, 3.63) is 11.8 Å². The molecule has 0 aromatic carbocycles. The number of amidine groups is 1. The molecule has 0 fully saturated rings. The second kappa shape index (κ2) is 4.62. The van der Waals surface area contributed by atoms with Crippen molar-refractivity contribution < 1.29 is 13.6 Å². The van der Waals surface area contributed by atoms with Gasteiger partial charge in [0.25, 0.3) is 0 Å². The third-order valence-electron chi connectivity index (χ3n) is 2.18. The number of sulfonamides is 1. The first kappa shape index (κ1) is 13.3. The number of nitrogens with one attached hydrogen (secondary N) is 1. The zero-order chi connectivity index (χ0) is 13.2. The first-order chi connectivity index (χ1) is 7.79. The molecular weight excluding hydrogens is 246 g/mol. The molecule has 0 atom stereocenters. The standard InChI is InChI=1S/C8H15N5O3S/c1-5(2)17(15,16)12-8-6(7(9)11-14)4-10-13(8)3/h4-5,12,14H,1-3H3,(H2,9,11). The highest BCUT2D eigenvalue weighted by Gasteiger charge is 2.21. The van der Waals surface area contributed by atoms with Gasteiger partial charge in [-0.25, -0.2) is 8.42 Å². The van der Waals surface area contributed by atoms with Crippen molar-refractivity contribution in [2.24, 2.45) is 17.9 Å². The molecule has 0 bridgehead atoms. The molecule has 96 valence electrons. The van der Waals surface area contributed by atoms with Crippen LogP contribution < -0.4 is 10.5 Å². The second-order valence-corrected chi connectivity index (χ2v) is 5.95. The lowest BCUT2D eigenvalue weighted by Gasteiger charge is -2.12. The highest BCUT2D eigenvalue weighted by molar-refractivity contribution is 7.93. The minimum Gasteiger partial charge on any atom is -0.409 e. The molecule has 0 unspecified atom stereocenters. The summed E-state index contributed by atoms with van der Waals surface area (Å²) in [5.41, 5.74) is 5.64. The minimum atomic E-state index is -3.51. The normalized spacial score (nSPS) is 13.1. The molecule has 17 heavy (non-hydrogen) atoms. The summed E-state index contributed by atoms with van der Waals surface area (Å²) in [7, 11) is -1.96. The zero-order valence-electron chi connectivity index (χ0n) is 9.75. The number of hydrogen-bond acceptors (Lipinski definition) is 5. The van der Waals surface area contributed by atoms with Gasteiger partial charge >= 0.3 is 0 Å². The quantitative estimate of drug-likeness (QED) is 0.296. The Hall–Kier alpha value is -1.77. The highest BCUT2D eigenvalue weighted by Crippen LogP contribution is 2.16. The van der Waals surface area contributed by atoms with Crippen LogP contribution in [0.2, 0.25) is 0 Å². The first-order valence-corrected chi connectivity index (χ1v) is 6.35. The van der Waals surface area contributed by atoms with Gasteiger partial charge in [0.05, 0.1) is 17.0 Å². The number of nitrogens with two attached hydrogens (primary N) is 1. The van der Waals surface area contributed by atoms with Crippen LogP contribution in [0.3, 0.4) is 0 Å². The molecule has 0 aliphatic carbocycles. The van der Waals surface area contributed by atoms with Gasteiger partial charge in [-0.2, -0.15) is 5.10 Å². The predicted octanol–water partition coefficient (Wildman–Crippen LogP) is -0.335. The van der Waals surface area contributed by atoms with E-state index in [1.807, 2.05) is 0 Å². The van der Waals surface area contributed by atoms with Crippen LogP contribution >= 0.6 is 0 Å². The Labute approximate surface area is 99.2 Å². The van der Waals surface area contributed by atoms with Crippen molar-refractivity contribution in [2.45, 2.75) is 19.1 Å². The topological polar surface area (TPSA) is 123 Å². The fraction of sp³-hybridized carbons (Fsp3) is 0.500. The maximum Gasteiger partial charge on any atom is 0.236 e. The van der Waals surface area contributed by atoms with Crippen LogP contribution in [0.25, 0.3) is 0 Å². The monoisotopic (exact) mass is 261 g/mol. The minimum absolute atomic E-state index is 0.161. The van der Waals surface area contributed by atoms with E-state index in [4.69, 9.17) is 10.9 Å². The van der Waals surface area contributed by atoms with E-state index in [0.717, 1.165) is 0 Å². The maximum absolute atomic E-state index is 11.7. The molecule has 1 aromatic heterocycles. The number of anilines is 1. The van der Waals surface area contributed by atoms with Gasteiger partial charge in [-0.3, -0.25) is 9.40 Å². The Bertz CT molecular complexity index is 531. The molecule has 0 aliphatic heterocycles. The lowest BCUT2D eigenvalue weighted by Crippen LogP contribution is -2.26. The van der Waals surface area contributed by atoms with Gasteiger partial charge in [0, 0.05) is 7.05 Å². The van der Waals surface area contributed by atoms with E-state index in [-0.39, 0.29) is 17.2 Å². The van der Waals surface area contributed by atoms with E-state index in [2.05, 4.69) is 15.0 Å². The number of rotatable bonds is 4. The van der Waals surface area contributed by atoms with E-state index in [1.165, 1.54) is 10.9 Å². The number of aromatic nitrogens is 2. The Morgan fingerprint density at radius 3 is 2.71 bits per heavy atom. The summed E-state index contributed by atoms with van der Waals surface area (Å²) < 4.78 is 27.1. The Morgan fingerprint density at radius 1 is 1.65 bits per heavy atom. The van der Waals surface area contributed by atoms with Gasteiger partial charge in [0.2, 0.25) is 10.0 Å². The number of oxime groups is 1. The highest BCUT2D eigenvalue weighted by atomic mass is 32.2. The van der Waals surface area contributed by atoms with Crippen molar-refractivity contribution in [1.29, 1.82) is 0 Å². The molecule has 4 N–H and O–H groups in total. The van der Waals surface area contributed by atoms with E-state index < -0.39 is 15.3 Å². The van der Waals surface area contributed by atoms with Crippen LogP contribution in [-0.2, 0) is 17.1 Å². The molecular formula is C8H15N5O3S. The van der Waals surface area contributed by atoms with Crippen LogP contribution in [0, 0.1) is 0 Å². The maximum atomic E-state index is 11.7. The molecule has 0 amide bonds. The Morgan fingerprint density at radius 2 is 2.24 bits per heavy atom. The lowest BCUT2D eigenvalue weighted by atomic mass is 10.3. The van der Waals surface area contributed by atoms with Gasteiger partial charge in [-0.1, -0.05) is 5.16 Å². The smallest absolute Gasteiger partial charge is 0.236 e. The van der Waals surface area contributed by atoms with E-state index >= 15 is 0 Å². The van der Waals surface area contributed by atoms with Crippen LogP contribution in [-0.4, -0.2) is 34.5 Å². The summed E-state index contributed by atoms with van der Waals surface area (Å²) in [4.78, 5) is 0. The largest absolute Gasteiger partial charge is 0.409 e. The zero-order valence-corrected chi connectivity index (χ0v) is 10.6. The van der Waals surface area contributed by atoms with Crippen molar-refractivity contribution in [3.8, 4) is 0 Å². The summed E-state index contributed by atoms with van der Waals surface area (Å²) in [6.07, 6.45) is 1.31. The summed E-state index contributed by atoms with van der Waals surface area (Å²) in [6.45, 7) is 3.09. The van der Waals surface area contributed by atoms with Gasteiger partial charge in [0.15, 0.2) is 5.84 Å². The van der Waals surface area contributed by atoms with Gasteiger partial charge in [-0.15, -0.1) is 0 Å². The molecule has 0 saturated heterocycles. The van der Waals surface area contributed by atoms with Crippen LogP contribution in [0.5, 0.6) is 0 Å². The molecule has 0 radical (unpaired) electrons. The molecule has 0 saturated carbocycles. The van der Waals surface area contributed by atoms with Crippen molar-refractivity contribution in [2.75, 3.05) is 4.72 Å². The van der Waals surface area contributed by atoms with Crippen LogP contribution in [0.15, 0.2) is 11.4 Å². The third kappa shape index (κ3) is 2.67. The molecule has 1 heterocycles. The molecule has 8 nitrogen and oxygen atoms in total. The van der Waals surface area contributed by atoms with Crippen LogP contribution in [0.1, 0.15) is 19.4 Å². The second-order valence-electron chi connectivity index (χ2n) is 3.71. The average Bonchev–Trinajstić information content (AvgIpc) is 2.59. The molecule has 9 heteroatoms. The molecule has 0 aliphatic rings. The van der Waals surface area contributed by atoms with Gasteiger partial charge in [0.1, 0.15) is 5.82 Å². The molecule has 1 aromatic rings. The fourth-order valence-electron chi connectivity index (χ4n) is 1.05. The summed E-state index contributed by atoms with van der Waals surface area (Å²) in [5.74, 6) is -0.0476. The fourth-order valence-corrected chi connectivity index (χ4v) is 1.80. The summed E-state index contributed by atoms with van der Waals surface area (Å²) in [6, 6.07) is 0. The predicted molar refractivity (Wildman–Crippen MR) is 63.4 cm³/mol. The van der Waals surface area contributed by atoms with Crippen molar-refractivity contribution in [3.63, 3.8) is 0 Å². The van der Waals surface area contributed by atoms with Gasteiger partial charge < -0.3 is 10.9 Å². The van der Waals surface area contributed by atoms with Crippen molar-refractivity contribution in [1.82, 2.24) is 9.78 Å². The third-order valence-corrected chi connectivity index (χ3v) is 3.90. The summed E-state index contributed by atoms with van der Waals surface area (Å²) >= 11 is 0. The lowest BCUT2D eigenvalue weighted by molar-refractivity contribution is 0.318. The van der Waals surface area contributed by atoms with Gasteiger partial charge in [-0.05, 0) is 13.8 Å². The molecule has 0 spiro atoms.